The molecule has 0 saturated carbocycles. The number of aromatic nitrogens is 3. The minimum atomic E-state index is 0.0139. The fourth-order valence-electron chi connectivity index (χ4n) is 2.16. The predicted molar refractivity (Wildman–Crippen MR) is 83.5 cm³/mol. The number of hydrogen-bond acceptors (Lipinski definition) is 5. The van der Waals surface area contributed by atoms with E-state index in [0.717, 1.165) is 23.5 Å². The van der Waals surface area contributed by atoms with Crippen molar-refractivity contribution in [1.29, 1.82) is 5.41 Å². The van der Waals surface area contributed by atoms with Gasteiger partial charge >= 0.3 is 0 Å². The lowest BCUT2D eigenvalue weighted by Gasteiger charge is -2.24. The molecule has 0 saturated heterocycles. The molecule has 0 atom stereocenters. The molecule has 0 unspecified atom stereocenters. The van der Waals surface area contributed by atoms with Crippen molar-refractivity contribution in [3.63, 3.8) is 0 Å². The molecule has 0 bridgehead atoms. The Balaban J connectivity index is 2.43. The lowest BCUT2D eigenvalue weighted by Crippen LogP contribution is -2.29. The molecular formula is C15H20N6. The van der Waals surface area contributed by atoms with Crippen LogP contribution in [-0.4, -0.2) is 27.6 Å². The molecule has 0 spiro atoms. The maximum absolute atomic E-state index is 7.83. The number of rotatable bonds is 5. The molecule has 3 N–H and O–H groups in total. The minimum absolute atomic E-state index is 0.0139. The van der Waals surface area contributed by atoms with Crippen molar-refractivity contribution in [2.24, 2.45) is 5.73 Å². The fourth-order valence-corrected chi connectivity index (χ4v) is 2.16. The molecule has 0 aliphatic carbocycles. The highest BCUT2D eigenvalue weighted by molar-refractivity contribution is 6.01. The Labute approximate surface area is 124 Å². The number of hydrogen-bond donors (Lipinski definition) is 2. The number of nitrogen functional groups attached to an aromatic ring is 1. The summed E-state index contributed by atoms with van der Waals surface area (Å²) in [6, 6.07) is 5.80. The van der Waals surface area contributed by atoms with Gasteiger partial charge in [0.05, 0.1) is 23.5 Å². The highest BCUT2D eigenvalue weighted by Crippen LogP contribution is 2.22. The van der Waals surface area contributed by atoms with Crippen molar-refractivity contribution in [2.45, 2.75) is 27.3 Å². The molecule has 6 heteroatoms. The quantitative estimate of drug-likeness (QED) is 0.645. The van der Waals surface area contributed by atoms with E-state index < -0.39 is 0 Å². The van der Waals surface area contributed by atoms with E-state index in [-0.39, 0.29) is 5.84 Å². The van der Waals surface area contributed by atoms with E-state index in [1.807, 2.05) is 43.9 Å². The van der Waals surface area contributed by atoms with E-state index in [2.05, 4.69) is 15.2 Å². The van der Waals surface area contributed by atoms with E-state index in [0.29, 0.717) is 17.9 Å². The Bertz CT molecular complexity index is 638. The van der Waals surface area contributed by atoms with E-state index in [1.165, 1.54) is 0 Å². The van der Waals surface area contributed by atoms with Gasteiger partial charge in [-0.25, -0.2) is 0 Å². The standard InChI is InChI=1S/C15H20N6/c1-4-21(9-12-7-5-6-8-18-12)15-13(14(16)17)10(2)11(3)19-20-15/h5-8H,4,9H2,1-3H3,(H3,16,17). The molecule has 0 aromatic carbocycles. The summed E-state index contributed by atoms with van der Waals surface area (Å²) in [6.07, 6.45) is 1.77. The number of nitrogens with zero attached hydrogens (tertiary/aromatic N) is 4. The third kappa shape index (κ3) is 3.16. The van der Waals surface area contributed by atoms with Crippen LogP contribution in [0.15, 0.2) is 24.4 Å². The molecule has 2 rings (SSSR count). The maximum Gasteiger partial charge on any atom is 0.162 e. The SMILES string of the molecule is CCN(Cc1ccccn1)c1nnc(C)c(C)c1C(=N)N. The summed E-state index contributed by atoms with van der Waals surface area (Å²) in [5.74, 6) is 0.652. The molecule has 110 valence electrons. The zero-order valence-electron chi connectivity index (χ0n) is 12.6. The summed E-state index contributed by atoms with van der Waals surface area (Å²) in [5.41, 5.74) is 9.02. The Morgan fingerprint density at radius 3 is 2.62 bits per heavy atom. The molecule has 0 aliphatic rings. The van der Waals surface area contributed by atoms with Gasteiger partial charge in [0.25, 0.3) is 0 Å². The van der Waals surface area contributed by atoms with Gasteiger partial charge in [-0.1, -0.05) is 6.07 Å². The summed E-state index contributed by atoms with van der Waals surface area (Å²) < 4.78 is 0. The number of nitrogens with two attached hydrogens (primary N) is 1. The van der Waals surface area contributed by atoms with Gasteiger partial charge in [0, 0.05) is 12.7 Å². The molecule has 6 nitrogen and oxygen atoms in total. The van der Waals surface area contributed by atoms with Crippen LogP contribution in [0.5, 0.6) is 0 Å². The van der Waals surface area contributed by atoms with Gasteiger partial charge in [-0.15, -0.1) is 5.10 Å². The molecule has 0 radical (unpaired) electrons. The molecule has 2 aromatic rings. The van der Waals surface area contributed by atoms with E-state index in [4.69, 9.17) is 11.1 Å². The van der Waals surface area contributed by atoms with Crippen LogP contribution in [0.25, 0.3) is 0 Å². The van der Waals surface area contributed by atoms with Crippen LogP contribution < -0.4 is 10.6 Å². The third-order valence-electron chi connectivity index (χ3n) is 3.47. The normalized spacial score (nSPS) is 10.4. The highest BCUT2D eigenvalue weighted by atomic mass is 15.3. The monoisotopic (exact) mass is 284 g/mol. The number of pyridine rings is 1. The first-order valence-electron chi connectivity index (χ1n) is 6.87. The molecule has 21 heavy (non-hydrogen) atoms. The number of nitrogens with one attached hydrogen (secondary N) is 1. The number of anilines is 1. The van der Waals surface area contributed by atoms with Crippen LogP contribution in [-0.2, 0) is 6.54 Å². The molecular weight excluding hydrogens is 264 g/mol. The Morgan fingerprint density at radius 1 is 1.29 bits per heavy atom. The molecule has 0 amide bonds. The van der Waals surface area contributed by atoms with Crippen molar-refractivity contribution in [2.75, 3.05) is 11.4 Å². The van der Waals surface area contributed by atoms with E-state index in [1.54, 1.807) is 6.20 Å². The van der Waals surface area contributed by atoms with Gasteiger partial charge in [0.2, 0.25) is 0 Å². The van der Waals surface area contributed by atoms with E-state index in [9.17, 15) is 0 Å². The Morgan fingerprint density at radius 2 is 2.05 bits per heavy atom. The summed E-state index contributed by atoms with van der Waals surface area (Å²) >= 11 is 0. The Kier molecular flexibility index (Phi) is 4.47. The van der Waals surface area contributed by atoms with Crippen LogP contribution in [0, 0.1) is 19.3 Å². The second-order valence-corrected chi connectivity index (χ2v) is 4.86. The van der Waals surface area contributed by atoms with Crippen molar-refractivity contribution in [1.82, 2.24) is 15.2 Å². The van der Waals surface area contributed by atoms with Crippen molar-refractivity contribution < 1.29 is 0 Å². The van der Waals surface area contributed by atoms with Gasteiger partial charge < -0.3 is 10.6 Å². The van der Waals surface area contributed by atoms with Crippen LogP contribution >= 0.6 is 0 Å². The zero-order valence-corrected chi connectivity index (χ0v) is 12.6. The molecule has 2 heterocycles. The van der Waals surface area contributed by atoms with Crippen LogP contribution in [0.4, 0.5) is 5.82 Å². The maximum atomic E-state index is 7.83. The van der Waals surface area contributed by atoms with Crippen LogP contribution in [0.1, 0.15) is 29.4 Å². The molecule has 2 aromatic heterocycles. The Hall–Kier alpha value is -2.50. The minimum Gasteiger partial charge on any atom is -0.384 e. The fraction of sp³-hybridized carbons (Fsp3) is 0.333. The number of amidine groups is 1. The van der Waals surface area contributed by atoms with Gasteiger partial charge in [0.1, 0.15) is 5.84 Å². The first kappa shape index (κ1) is 14.9. The lowest BCUT2D eigenvalue weighted by molar-refractivity contribution is 0.771. The van der Waals surface area contributed by atoms with Gasteiger partial charge in [-0.3, -0.25) is 10.4 Å². The first-order valence-corrected chi connectivity index (χ1v) is 6.87. The topological polar surface area (TPSA) is 91.8 Å². The smallest absolute Gasteiger partial charge is 0.162 e. The van der Waals surface area contributed by atoms with Crippen molar-refractivity contribution in [3.8, 4) is 0 Å². The average molecular weight is 284 g/mol. The van der Waals surface area contributed by atoms with Crippen molar-refractivity contribution >= 4 is 11.7 Å². The van der Waals surface area contributed by atoms with Gasteiger partial charge in [-0.05, 0) is 38.5 Å². The average Bonchev–Trinajstić information content (AvgIpc) is 2.48. The highest BCUT2D eigenvalue weighted by Gasteiger charge is 2.18. The van der Waals surface area contributed by atoms with Crippen LogP contribution in [0.2, 0.25) is 0 Å². The first-order chi connectivity index (χ1) is 10.0. The predicted octanol–water partition coefficient (Wildman–Crippen LogP) is 1.80. The van der Waals surface area contributed by atoms with Gasteiger partial charge in [-0.2, -0.15) is 5.10 Å². The third-order valence-corrected chi connectivity index (χ3v) is 3.47. The number of aryl methyl sites for hydroxylation is 1. The van der Waals surface area contributed by atoms with Crippen molar-refractivity contribution in [3.05, 3.63) is 46.9 Å². The largest absolute Gasteiger partial charge is 0.384 e. The van der Waals surface area contributed by atoms with Crippen LogP contribution in [0.3, 0.4) is 0 Å². The summed E-state index contributed by atoms with van der Waals surface area (Å²) in [4.78, 5) is 6.36. The lowest BCUT2D eigenvalue weighted by atomic mass is 10.1. The van der Waals surface area contributed by atoms with Gasteiger partial charge in [0.15, 0.2) is 5.82 Å². The summed E-state index contributed by atoms with van der Waals surface area (Å²) in [7, 11) is 0. The molecule has 0 fully saturated rings. The summed E-state index contributed by atoms with van der Waals surface area (Å²) in [6.45, 7) is 7.15. The zero-order chi connectivity index (χ0) is 15.4. The summed E-state index contributed by atoms with van der Waals surface area (Å²) in [5, 5.41) is 16.3. The molecule has 0 aliphatic heterocycles. The van der Waals surface area contributed by atoms with E-state index >= 15 is 0 Å². The second-order valence-electron chi connectivity index (χ2n) is 4.86. The second kappa shape index (κ2) is 6.30.